The number of morpholine rings is 1. The molecule has 0 spiro atoms. The van der Waals surface area contributed by atoms with Crippen molar-refractivity contribution in [2.45, 2.75) is 151 Å². The van der Waals surface area contributed by atoms with Gasteiger partial charge in [0.2, 0.25) is 41.1 Å². The molecule has 2 unspecified atom stereocenters. The lowest BCUT2D eigenvalue weighted by Crippen LogP contribution is -2.61. The molecule has 6 amide bonds. The van der Waals surface area contributed by atoms with E-state index in [-0.39, 0.29) is 36.4 Å². The number of benzene rings is 2. The fourth-order valence-corrected chi connectivity index (χ4v) is 11.7. The highest BCUT2D eigenvalue weighted by molar-refractivity contribution is 6.31. The maximum atomic E-state index is 14.5. The first kappa shape index (κ1) is 66.8. The minimum atomic E-state index is -3.05. The van der Waals surface area contributed by atoms with E-state index < -0.39 is 248 Å². The van der Waals surface area contributed by atoms with Crippen molar-refractivity contribution in [3.05, 3.63) is 51.6 Å². The van der Waals surface area contributed by atoms with Gasteiger partial charge in [-0.2, -0.15) is 0 Å². The van der Waals surface area contributed by atoms with Crippen molar-refractivity contribution in [1.29, 1.82) is 0 Å². The molecule has 4 saturated heterocycles. The summed E-state index contributed by atoms with van der Waals surface area (Å²) < 4.78 is 53.7. The Hall–Kier alpha value is -7.58. The number of phenolic OH excluding ortho intramolecular Hbond substituents is 2. The predicted octanol–water partition coefficient (Wildman–Crippen LogP) is -5.49. The monoisotopic (exact) mass is 1280 g/mol. The third kappa shape index (κ3) is 14.3. The third-order valence-corrected chi connectivity index (χ3v) is 16.1. The summed E-state index contributed by atoms with van der Waals surface area (Å²) in [6.45, 7) is 2.16. The first-order valence-corrected chi connectivity index (χ1v) is 28.5. The summed E-state index contributed by atoms with van der Waals surface area (Å²) in [6.07, 6.45) is -20.0. The molecule has 0 aromatic heterocycles. The second-order valence-electron chi connectivity index (χ2n) is 22.5. The number of ether oxygens (including phenoxy) is 8. The van der Waals surface area contributed by atoms with E-state index in [0.29, 0.717) is 6.54 Å². The van der Waals surface area contributed by atoms with E-state index in [4.69, 9.17) is 44.4 Å². The van der Waals surface area contributed by atoms with Crippen molar-refractivity contribution in [3.8, 4) is 17.2 Å². The number of carbonyl (C=O) groups is 10. The van der Waals surface area contributed by atoms with Gasteiger partial charge in [-0.05, 0) is 18.9 Å². The highest BCUT2D eigenvalue weighted by atomic mass is 16.8. The number of carboxylic acids is 2. The topological polar surface area (TPSA) is 502 Å². The molecule has 4 heterocycles. The van der Waals surface area contributed by atoms with Gasteiger partial charge in [0.1, 0.15) is 53.7 Å². The molecule has 8 rings (SSSR count). The number of amides is 6. The first-order valence-electron chi connectivity index (χ1n) is 29.1. The standard InChI is InChI=1S/C56H73N7O27/c1-22(2)38(62-30(65)11-12-57-31(66)19-60-29(64)9-10-32(67)68)49(77)61-26(20-86-52-45(75)43(73)44(74)47(89-52)51(78)79)48(76)58-13-14-59-54(80)55(81)18-25-37(42(72)36-35(40(25)70)39(69)24-7-6-8-28(83-4)34(24)41(36)71)56(82,21-55)90-33-17-27-46(23(3)87-33)88-50-53(84-5)85-16-15-63(27)50/h6-8,22-23,26-27,33,38,43-47,50,52-53,70,72-75,81-82H,9-21H2,1-5H3,(H,57,66)(H,58,76)(H,59,80)(H,60,64)(H,61,77)(H,62,65)(H,67,68)(H,78,79)/t23-,26?,27-,33-,38-,43-,44-,45+,46+,47-,50+,52+,53-,55-,56-/m0/s1/i9T/t9?,23-,26?,27-,33-,38-,43-,44-,45+,46+,47-,50+,52+,53-,55-,56-. The molecule has 90 heavy (non-hydrogen) atoms. The Balaban J connectivity index is 0.990. The smallest absolute Gasteiger partial charge is 0.335 e. The molecule has 4 aliphatic heterocycles. The molecule has 2 aromatic carbocycles. The molecule has 2 aliphatic carbocycles. The summed E-state index contributed by atoms with van der Waals surface area (Å²) in [5, 5.41) is 114. The fourth-order valence-electron chi connectivity index (χ4n) is 11.7. The van der Waals surface area contributed by atoms with Gasteiger partial charge < -0.3 is 116 Å². The van der Waals surface area contributed by atoms with E-state index in [2.05, 4.69) is 31.9 Å². The number of aliphatic hydroxyl groups is 5. The highest BCUT2D eigenvalue weighted by Gasteiger charge is 2.59. The fraction of sp³-hybridized carbons (Fsp3) is 0.607. The van der Waals surface area contributed by atoms with E-state index >= 15 is 0 Å². The summed E-state index contributed by atoms with van der Waals surface area (Å²) >= 11 is 0. The van der Waals surface area contributed by atoms with E-state index in [0.717, 1.165) is 0 Å². The van der Waals surface area contributed by atoms with Crippen LogP contribution in [0.2, 0.25) is 0 Å². The number of hydrogen-bond acceptors (Lipinski definition) is 26. The van der Waals surface area contributed by atoms with Crippen LogP contribution in [-0.2, 0) is 83.7 Å². The number of rotatable bonds is 25. The summed E-state index contributed by atoms with van der Waals surface area (Å²) in [4.78, 5) is 133. The zero-order valence-corrected chi connectivity index (χ0v) is 49.2. The van der Waals surface area contributed by atoms with Gasteiger partial charge in [0.05, 0.1) is 61.6 Å². The van der Waals surface area contributed by atoms with Crippen LogP contribution in [0.1, 0.15) is 97.2 Å². The number of carboxylic acid groups (broad SMARTS) is 2. The lowest BCUT2D eigenvalue weighted by atomic mass is 9.71. The van der Waals surface area contributed by atoms with Gasteiger partial charge in [-0.15, -0.1) is 0 Å². The Morgan fingerprint density at radius 3 is 2.19 bits per heavy atom. The van der Waals surface area contributed by atoms with Crippen LogP contribution < -0.4 is 36.6 Å². The number of fused-ring (bicyclic) bond motifs is 6. The average molecular weight is 1280 g/mol. The van der Waals surface area contributed by atoms with E-state index in [1.807, 2.05) is 4.90 Å². The SMILES string of the molecule is [3H]C(CC(=O)O)C(=O)NCC(=O)NCCC(=O)N[C@H](C(=O)NC(CO[C@@H]1O[C@H](C(=O)O)[C@@H](O)[C@H](O)[C@H]1O)C(=O)NCCNC(=O)[C@]1(O)Cc2c(O)c3c(c(O)c2[C@@](O)(O[C@H]2C[C@H]4[C@H](O[C@@H]5[C@@H](OC)OCCN54)[C@H](C)O2)C1)C(=O)c1c(OC)cccc1C3=O)C(C)C. The lowest BCUT2D eigenvalue weighted by Gasteiger charge is -2.46. The van der Waals surface area contributed by atoms with Gasteiger partial charge in [0, 0.05) is 83.9 Å². The van der Waals surface area contributed by atoms with Crippen molar-refractivity contribution >= 4 is 58.9 Å². The maximum Gasteiger partial charge on any atom is 0.335 e. The second kappa shape index (κ2) is 28.3. The van der Waals surface area contributed by atoms with Crippen LogP contribution >= 0.6 is 0 Å². The molecule has 34 heteroatoms. The number of aromatic hydroxyl groups is 2. The summed E-state index contributed by atoms with van der Waals surface area (Å²) in [5.74, 6) is -17.2. The highest BCUT2D eigenvalue weighted by Crippen LogP contribution is 2.54. The van der Waals surface area contributed by atoms with Crippen LogP contribution in [0, 0.1) is 5.92 Å². The van der Waals surface area contributed by atoms with Crippen LogP contribution in [0.4, 0.5) is 0 Å². The largest absolute Gasteiger partial charge is 0.507 e. The van der Waals surface area contributed by atoms with Crippen molar-refractivity contribution in [2.24, 2.45) is 5.92 Å². The predicted molar refractivity (Wildman–Crippen MR) is 295 cm³/mol. The minimum absolute atomic E-state index is 0.0487. The summed E-state index contributed by atoms with van der Waals surface area (Å²) in [5.41, 5.74) is -6.10. The van der Waals surface area contributed by atoms with Crippen LogP contribution in [0.3, 0.4) is 0 Å². The molecule has 6 aliphatic rings. The van der Waals surface area contributed by atoms with Crippen LogP contribution in [0.25, 0.3) is 0 Å². The number of nitrogens with zero attached hydrogens (tertiary/aromatic N) is 1. The molecular formula is C56H73N7O27. The zero-order chi connectivity index (χ0) is 66.7. The molecule has 0 bridgehead atoms. The number of hydrogen-bond donors (Lipinski definition) is 15. The second-order valence-corrected chi connectivity index (χ2v) is 22.5. The number of nitrogens with one attached hydrogen (secondary N) is 6. The van der Waals surface area contributed by atoms with Crippen LogP contribution in [-0.4, -0.2) is 255 Å². The normalized spacial score (nSPS) is 29.7. The number of ketones is 2. The zero-order valence-electron chi connectivity index (χ0n) is 50.2. The molecular weight excluding hydrogens is 1200 g/mol. The van der Waals surface area contributed by atoms with Crippen LogP contribution in [0.15, 0.2) is 18.2 Å². The molecule has 34 nitrogen and oxygen atoms in total. The molecule has 4 fully saturated rings. The summed E-state index contributed by atoms with van der Waals surface area (Å²) in [7, 11) is 2.68. The minimum Gasteiger partial charge on any atom is -0.507 e. The van der Waals surface area contributed by atoms with Gasteiger partial charge in [-0.25, -0.2) is 4.79 Å². The van der Waals surface area contributed by atoms with E-state index in [9.17, 15) is 88.8 Å². The van der Waals surface area contributed by atoms with Gasteiger partial charge in [-0.3, -0.25) is 48.1 Å². The summed E-state index contributed by atoms with van der Waals surface area (Å²) in [6, 6.07) is 0.295. The molecule has 16 atom stereocenters. The molecule has 15 N–H and O–H groups in total. The lowest BCUT2D eigenvalue weighted by molar-refractivity contribution is -0.339. The third-order valence-electron chi connectivity index (χ3n) is 16.1. The van der Waals surface area contributed by atoms with Gasteiger partial charge in [-0.1, -0.05) is 26.0 Å². The molecule has 0 radical (unpaired) electrons. The number of carbonyl (C=O) groups excluding carboxylic acids is 8. The Morgan fingerprint density at radius 2 is 1.51 bits per heavy atom. The molecule has 2 aromatic rings. The number of methoxy groups -OCH3 is 2. The molecule has 494 valence electrons. The van der Waals surface area contributed by atoms with Crippen molar-refractivity contribution in [2.75, 3.05) is 60.2 Å². The number of aliphatic carboxylic acids is 2. The van der Waals surface area contributed by atoms with Crippen molar-refractivity contribution in [1.82, 2.24) is 36.8 Å². The Morgan fingerprint density at radius 1 is 0.800 bits per heavy atom. The van der Waals surface area contributed by atoms with Crippen LogP contribution in [0.5, 0.6) is 17.2 Å². The Labute approximate surface area is 513 Å². The van der Waals surface area contributed by atoms with Crippen molar-refractivity contribution < 1.29 is 133 Å². The Bertz CT molecular complexity index is 3180. The average Bonchev–Trinajstić information content (AvgIpc) is 1.15. The number of phenols is 2. The van der Waals surface area contributed by atoms with E-state index in [1.165, 1.54) is 46.3 Å². The van der Waals surface area contributed by atoms with Crippen molar-refractivity contribution in [3.63, 3.8) is 0 Å². The molecule has 0 saturated carbocycles. The van der Waals surface area contributed by atoms with E-state index in [1.54, 1.807) is 6.92 Å². The number of aliphatic hydroxyl groups excluding tert-OH is 3. The first-order chi connectivity index (χ1) is 42.9. The van der Waals surface area contributed by atoms with Gasteiger partial charge in [0.25, 0.3) is 5.91 Å². The van der Waals surface area contributed by atoms with Gasteiger partial charge >= 0.3 is 11.9 Å². The van der Waals surface area contributed by atoms with Gasteiger partial charge in [0.15, 0.2) is 42.6 Å². The Kier molecular flexibility index (Phi) is 21.0. The maximum absolute atomic E-state index is 14.5. The quantitative estimate of drug-likeness (QED) is 0.0214.